The van der Waals surface area contributed by atoms with Gasteiger partial charge in [0.2, 0.25) is 0 Å². The van der Waals surface area contributed by atoms with Gasteiger partial charge in [0.25, 0.3) is 0 Å². The van der Waals surface area contributed by atoms with Crippen LogP contribution in [0.4, 0.5) is 5.82 Å². The minimum atomic E-state index is 0.727. The molecule has 1 N–H and O–H groups in total. The summed E-state index contributed by atoms with van der Waals surface area (Å²) in [6, 6.07) is 8.16. The zero-order valence-electron chi connectivity index (χ0n) is 12.5. The van der Waals surface area contributed by atoms with Crippen molar-refractivity contribution in [3.8, 4) is 0 Å². The number of aryl methyl sites for hydroxylation is 1. The van der Waals surface area contributed by atoms with Crippen molar-refractivity contribution < 1.29 is 4.42 Å². The monoisotopic (exact) mass is 273 g/mol. The maximum absolute atomic E-state index is 5.38. The molecule has 0 aromatic carbocycles. The fraction of sp³-hybridized carbons (Fsp3) is 0.438. The zero-order valence-corrected chi connectivity index (χ0v) is 12.5. The van der Waals surface area contributed by atoms with Crippen LogP contribution in [-0.2, 0) is 13.1 Å². The van der Waals surface area contributed by atoms with E-state index >= 15 is 0 Å². The van der Waals surface area contributed by atoms with Gasteiger partial charge in [-0.3, -0.25) is 0 Å². The van der Waals surface area contributed by atoms with E-state index in [9.17, 15) is 0 Å². The number of furan rings is 1. The molecule has 4 heteroatoms. The molecule has 0 aliphatic rings. The molecule has 0 radical (unpaired) electrons. The Kier molecular flexibility index (Phi) is 5.18. The summed E-state index contributed by atoms with van der Waals surface area (Å²) in [6.07, 6.45) is 2.85. The van der Waals surface area contributed by atoms with Gasteiger partial charge in [-0.25, -0.2) is 4.98 Å². The fourth-order valence-corrected chi connectivity index (χ4v) is 2.15. The summed E-state index contributed by atoms with van der Waals surface area (Å²) in [5.74, 6) is 1.93. The molecule has 0 aliphatic heterocycles. The Bertz CT molecular complexity index is 523. The standard InChI is InChI=1S/C16H23N3O/c1-4-7-17-11-14-9-13(2)18-16(10-14)19(3)12-15-6-5-8-20-15/h5-6,8-10,17H,4,7,11-12H2,1-3H3. The minimum absolute atomic E-state index is 0.727. The maximum atomic E-state index is 5.38. The molecule has 0 saturated heterocycles. The van der Waals surface area contributed by atoms with Crippen LogP contribution in [0.2, 0.25) is 0 Å². The lowest BCUT2D eigenvalue weighted by molar-refractivity contribution is 0.507. The van der Waals surface area contributed by atoms with Gasteiger partial charge in [-0.15, -0.1) is 0 Å². The number of aromatic nitrogens is 1. The highest BCUT2D eigenvalue weighted by Crippen LogP contribution is 2.16. The molecular formula is C16H23N3O. The van der Waals surface area contributed by atoms with E-state index in [1.165, 1.54) is 5.56 Å². The molecule has 0 bridgehead atoms. The molecule has 20 heavy (non-hydrogen) atoms. The highest BCUT2D eigenvalue weighted by atomic mass is 16.3. The average Bonchev–Trinajstić information content (AvgIpc) is 2.91. The molecule has 2 aromatic heterocycles. The van der Waals surface area contributed by atoms with Gasteiger partial charge in [0.15, 0.2) is 0 Å². The van der Waals surface area contributed by atoms with E-state index < -0.39 is 0 Å². The van der Waals surface area contributed by atoms with Gasteiger partial charge < -0.3 is 14.6 Å². The Labute approximate surface area is 120 Å². The molecular weight excluding hydrogens is 250 g/mol. The van der Waals surface area contributed by atoms with Crippen molar-refractivity contribution in [2.75, 3.05) is 18.5 Å². The molecule has 0 unspecified atom stereocenters. The van der Waals surface area contributed by atoms with Crippen LogP contribution >= 0.6 is 0 Å². The quantitative estimate of drug-likeness (QED) is 0.787. The van der Waals surface area contributed by atoms with Crippen molar-refractivity contribution in [3.63, 3.8) is 0 Å². The molecule has 0 atom stereocenters. The number of hydrogen-bond acceptors (Lipinski definition) is 4. The van der Waals surface area contributed by atoms with Crippen molar-refractivity contribution >= 4 is 5.82 Å². The first-order valence-corrected chi connectivity index (χ1v) is 7.11. The van der Waals surface area contributed by atoms with Gasteiger partial charge in [-0.1, -0.05) is 6.92 Å². The minimum Gasteiger partial charge on any atom is -0.467 e. The van der Waals surface area contributed by atoms with Gasteiger partial charge in [-0.05, 0) is 49.7 Å². The zero-order chi connectivity index (χ0) is 14.4. The lowest BCUT2D eigenvalue weighted by Gasteiger charge is -2.18. The summed E-state index contributed by atoms with van der Waals surface area (Å²) in [4.78, 5) is 6.71. The van der Waals surface area contributed by atoms with E-state index in [1.54, 1.807) is 6.26 Å². The summed E-state index contributed by atoms with van der Waals surface area (Å²) in [5.41, 5.74) is 2.31. The maximum Gasteiger partial charge on any atom is 0.129 e. The number of hydrogen-bond donors (Lipinski definition) is 1. The Morgan fingerprint density at radius 1 is 1.35 bits per heavy atom. The molecule has 2 heterocycles. The van der Waals surface area contributed by atoms with Crippen LogP contribution in [0.3, 0.4) is 0 Å². The van der Waals surface area contributed by atoms with Gasteiger partial charge in [0.1, 0.15) is 11.6 Å². The second kappa shape index (κ2) is 7.10. The van der Waals surface area contributed by atoms with Crippen LogP contribution in [0, 0.1) is 6.92 Å². The molecule has 0 fully saturated rings. The van der Waals surface area contributed by atoms with E-state index in [0.29, 0.717) is 0 Å². The van der Waals surface area contributed by atoms with Gasteiger partial charge >= 0.3 is 0 Å². The Morgan fingerprint density at radius 2 is 2.20 bits per heavy atom. The number of nitrogens with one attached hydrogen (secondary N) is 1. The average molecular weight is 273 g/mol. The summed E-state index contributed by atoms with van der Waals surface area (Å²) < 4.78 is 5.38. The van der Waals surface area contributed by atoms with Crippen LogP contribution in [0.5, 0.6) is 0 Å². The topological polar surface area (TPSA) is 41.3 Å². The molecule has 0 amide bonds. The van der Waals surface area contributed by atoms with Crippen molar-refractivity contribution in [1.29, 1.82) is 0 Å². The van der Waals surface area contributed by atoms with Crippen LogP contribution < -0.4 is 10.2 Å². The lowest BCUT2D eigenvalue weighted by atomic mass is 10.2. The smallest absolute Gasteiger partial charge is 0.129 e. The Hall–Kier alpha value is -1.81. The third-order valence-corrected chi connectivity index (χ3v) is 3.12. The Balaban J connectivity index is 2.06. The van der Waals surface area contributed by atoms with Crippen molar-refractivity contribution in [1.82, 2.24) is 10.3 Å². The van der Waals surface area contributed by atoms with Crippen LogP contribution in [0.25, 0.3) is 0 Å². The van der Waals surface area contributed by atoms with E-state index in [0.717, 1.165) is 43.3 Å². The predicted molar refractivity (Wildman–Crippen MR) is 81.8 cm³/mol. The van der Waals surface area contributed by atoms with E-state index in [1.807, 2.05) is 26.1 Å². The highest BCUT2D eigenvalue weighted by Gasteiger charge is 2.07. The largest absolute Gasteiger partial charge is 0.467 e. The third-order valence-electron chi connectivity index (χ3n) is 3.12. The molecule has 0 saturated carbocycles. The van der Waals surface area contributed by atoms with Crippen molar-refractivity contribution in [2.24, 2.45) is 0 Å². The van der Waals surface area contributed by atoms with E-state index in [2.05, 4.69) is 34.3 Å². The summed E-state index contributed by atoms with van der Waals surface area (Å²) in [5, 5.41) is 3.43. The SMILES string of the molecule is CCCNCc1cc(C)nc(N(C)Cc2ccco2)c1. The number of anilines is 1. The van der Waals surface area contributed by atoms with E-state index in [-0.39, 0.29) is 0 Å². The first-order valence-electron chi connectivity index (χ1n) is 7.11. The van der Waals surface area contributed by atoms with E-state index in [4.69, 9.17) is 4.42 Å². The summed E-state index contributed by atoms with van der Waals surface area (Å²) in [7, 11) is 2.04. The molecule has 0 spiro atoms. The second-order valence-electron chi connectivity index (χ2n) is 5.09. The number of rotatable bonds is 7. The molecule has 0 aliphatic carbocycles. The van der Waals surface area contributed by atoms with Crippen LogP contribution in [0.15, 0.2) is 34.9 Å². The predicted octanol–water partition coefficient (Wildman–Crippen LogP) is 3.12. The summed E-state index contributed by atoms with van der Waals surface area (Å²) >= 11 is 0. The second-order valence-corrected chi connectivity index (χ2v) is 5.09. The molecule has 2 rings (SSSR count). The number of pyridine rings is 1. The summed E-state index contributed by atoms with van der Waals surface area (Å²) in [6.45, 7) is 6.87. The first-order chi connectivity index (χ1) is 9.69. The third kappa shape index (κ3) is 4.10. The highest BCUT2D eigenvalue weighted by molar-refractivity contribution is 5.42. The molecule has 108 valence electrons. The van der Waals surface area contributed by atoms with Gasteiger partial charge in [0, 0.05) is 19.3 Å². The van der Waals surface area contributed by atoms with Crippen LogP contribution in [0.1, 0.15) is 30.4 Å². The fourth-order valence-electron chi connectivity index (χ4n) is 2.15. The molecule has 4 nitrogen and oxygen atoms in total. The first kappa shape index (κ1) is 14.6. The van der Waals surface area contributed by atoms with Gasteiger partial charge in [-0.2, -0.15) is 0 Å². The van der Waals surface area contributed by atoms with Gasteiger partial charge in [0.05, 0.1) is 12.8 Å². The normalized spacial score (nSPS) is 10.8. The van der Waals surface area contributed by atoms with Crippen LogP contribution in [-0.4, -0.2) is 18.6 Å². The van der Waals surface area contributed by atoms with Crippen molar-refractivity contribution in [3.05, 3.63) is 47.5 Å². The van der Waals surface area contributed by atoms with Crippen molar-refractivity contribution in [2.45, 2.75) is 33.4 Å². The number of nitrogens with zero attached hydrogens (tertiary/aromatic N) is 2. The Morgan fingerprint density at radius 3 is 2.90 bits per heavy atom. The molecule has 2 aromatic rings. The lowest BCUT2D eigenvalue weighted by Crippen LogP contribution is -2.19.